The first-order chi connectivity index (χ1) is 9.15. The van der Waals surface area contributed by atoms with Gasteiger partial charge in [-0.05, 0) is 43.5 Å². The Labute approximate surface area is 111 Å². The zero-order valence-corrected chi connectivity index (χ0v) is 10.6. The summed E-state index contributed by atoms with van der Waals surface area (Å²) in [5.74, 6) is -1.08. The van der Waals surface area contributed by atoms with E-state index in [9.17, 15) is 9.59 Å². The van der Waals surface area contributed by atoms with Gasteiger partial charge in [0, 0.05) is 12.3 Å². The molecule has 1 heterocycles. The largest absolute Gasteiger partial charge is 0.478 e. The zero-order valence-electron chi connectivity index (χ0n) is 10.6. The smallest absolute Gasteiger partial charge is 0.335 e. The number of carbonyl (C=O) groups is 2. The highest BCUT2D eigenvalue weighted by atomic mass is 16.5. The molecule has 2 rings (SSSR count). The van der Waals surface area contributed by atoms with E-state index in [1.165, 1.54) is 12.1 Å². The van der Waals surface area contributed by atoms with E-state index in [0.29, 0.717) is 12.1 Å². The molecular formula is C14H17NO4. The van der Waals surface area contributed by atoms with E-state index in [-0.39, 0.29) is 17.6 Å². The van der Waals surface area contributed by atoms with Gasteiger partial charge in [0.1, 0.15) is 0 Å². The van der Waals surface area contributed by atoms with E-state index in [0.717, 1.165) is 25.9 Å². The molecule has 1 aromatic carbocycles. The van der Waals surface area contributed by atoms with Crippen LogP contribution in [-0.4, -0.2) is 29.7 Å². The normalized spacial score (nSPS) is 18.8. The number of anilines is 1. The van der Waals surface area contributed by atoms with Crippen LogP contribution in [0.25, 0.3) is 0 Å². The third-order valence-electron chi connectivity index (χ3n) is 3.10. The monoisotopic (exact) mass is 263 g/mol. The third kappa shape index (κ3) is 4.06. The van der Waals surface area contributed by atoms with Crippen LogP contribution in [-0.2, 0) is 9.53 Å². The molecule has 0 bridgehead atoms. The summed E-state index contributed by atoms with van der Waals surface area (Å²) in [4.78, 5) is 22.5. The first kappa shape index (κ1) is 13.5. The van der Waals surface area contributed by atoms with Crippen LogP contribution in [0.2, 0.25) is 0 Å². The molecule has 1 amide bonds. The molecule has 0 saturated carbocycles. The van der Waals surface area contributed by atoms with Crippen molar-refractivity contribution in [1.82, 2.24) is 0 Å². The standard InChI is InChI=1S/C14H17NO4/c16-13(9-12-3-1-2-8-19-12)15-11-6-4-10(5-7-11)14(17)18/h4-7,12H,1-3,8-9H2,(H,15,16)(H,17,18). The average molecular weight is 263 g/mol. The first-order valence-electron chi connectivity index (χ1n) is 6.40. The maximum atomic E-state index is 11.8. The number of hydrogen-bond donors (Lipinski definition) is 2. The van der Waals surface area contributed by atoms with Crippen LogP contribution >= 0.6 is 0 Å². The lowest BCUT2D eigenvalue weighted by atomic mass is 10.1. The first-order valence-corrected chi connectivity index (χ1v) is 6.40. The van der Waals surface area contributed by atoms with Gasteiger partial charge in [-0.25, -0.2) is 4.79 Å². The van der Waals surface area contributed by atoms with Gasteiger partial charge in [-0.3, -0.25) is 4.79 Å². The lowest BCUT2D eigenvalue weighted by Crippen LogP contribution is -2.25. The molecule has 1 fully saturated rings. The molecule has 1 atom stereocenters. The fraction of sp³-hybridized carbons (Fsp3) is 0.429. The number of aromatic carboxylic acids is 1. The molecule has 1 saturated heterocycles. The van der Waals surface area contributed by atoms with Crippen LogP contribution in [0.4, 0.5) is 5.69 Å². The zero-order chi connectivity index (χ0) is 13.7. The Morgan fingerprint density at radius 1 is 1.26 bits per heavy atom. The summed E-state index contributed by atoms with van der Waals surface area (Å²) in [7, 11) is 0. The minimum absolute atomic E-state index is 0.00652. The quantitative estimate of drug-likeness (QED) is 0.873. The van der Waals surface area contributed by atoms with Crippen molar-refractivity contribution in [3.63, 3.8) is 0 Å². The van der Waals surface area contributed by atoms with Crippen molar-refractivity contribution in [3.8, 4) is 0 Å². The van der Waals surface area contributed by atoms with Crippen molar-refractivity contribution in [3.05, 3.63) is 29.8 Å². The van der Waals surface area contributed by atoms with Gasteiger partial charge >= 0.3 is 5.97 Å². The molecule has 2 N–H and O–H groups in total. The van der Waals surface area contributed by atoms with Crippen molar-refractivity contribution in [2.45, 2.75) is 31.8 Å². The summed E-state index contributed by atoms with van der Waals surface area (Å²) in [5, 5.41) is 11.5. The Bertz CT molecular complexity index is 449. The Balaban J connectivity index is 1.85. The number of ether oxygens (including phenoxy) is 1. The summed E-state index contributed by atoms with van der Waals surface area (Å²) in [6.45, 7) is 0.727. The van der Waals surface area contributed by atoms with Gasteiger partial charge < -0.3 is 15.2 Å². The predicted octanol–water partition coefficient (Wildman–Crippen LogP) is 2.28. The molecule has 5 nitrogen and oxygen atoms in total. The Kier molecular flexibility index (Phi) is 4.52. The minimum atomic E-state index is -0.978. The van der Waals surface area contributed by atoms with Gasteiger partial charge in [0.2, 0.25) is 5.91 Å². The van der Waals surface area contributed by atoms with Crippen molar-refractivity contribution in [1.29, 1.82) is 0 Å². The highest BCUT2D eigenvalue weighted by Crippen LogP contribution is 2.17. The Hall–Kier alpha value is -1.88. The van der Waals surface area contributed by atoms with Crippen LogP contribution < -0.4 is 5.32 Å². The maximum absolute atomic E-state index is 11.8. The lowest BCUT2D eigenvalue weighted by molar-refractivity contribution is -0.119. The Morgan fingerprint density at radius 3 is 2.58 bits per heavy atom. The molecule has 19 heavy (non-hydrogen) atoms. The van der Waals surface area contributed by atoms with E-state index >= 15 is 0 Å². The fourth-order valence-electron chi connectivity index (χ4n) is 2.08. The number of carbonyl (C=O) groups excluding carboxylic acids is 1. The van der Waals surface area contributed by atoms with Crippen LogP contribution in [0.1, 0.15) is 36.0 Å². The number of carboxylic acid groups (broad SMARTS) is 1. The van der Waals surface area contributed by atoms with Crippen molar-refractivity contribution in [2.75, 3.05) is 11.9 Å². The van der Waals surface area contributed by atoms with Crippen molar-refractivity contribution < 1.29 is 19.4 Å². The van der Waals surface area contributed by atoms with E-state index in [2.05, 4.69) is 5.32 Å². The van der Waals surface area contributed by atoms with Crippen LogP contribution in [0.3, 0.4) is 0 Å². The molecule has 102 valence electrons. The summed E-state index contributed by atoms with van der Waals surface area (Å²) in [6, 6.07) is 6.11. The van der Waals surface area contributed by atoms with E-state index < -0.39 is 5.97 Å². The summed E-state index contributed by atoms with van der Waals surface area (Å²) in [6.07, 6.45) is 3.44. The van der Waals surface area contributed by atoms with E-state index in [1.54, 1.807) is 12.1 Å². The molecule has 0 radical (unpaired) electrons. The second-order valence-electron chi connectivity index (χ2n) is 4.62. The maximum Gasteiger partial charge on any atom is 0.335 e. The summed E-state index contributed by atoms with van der Waals surface area (Å²) >= 11 is 0. The van der Waals surface area contributed by atoms with Crippen molar-refractivity contribution in [2.24, 2.45) is 0 Å². The van der Waals surface area contributed by atoms with Gasteiger partial charge in [-0.15, -0.1) is 0 Å². The van der Waals surface area contributed by atoms with Crippen LogP contribution in [0.15, 0.2) is 24.3 Å². The number of hydrogen-bond acceptors (Lipinski definition) is 3. The van der Waals surface area contributed by atoms with Gasteiger partial charge in [0.25, 0.3) is 0 Å². The molecule has 1 aromatic rings. The van der Waals surface area contributed by atoms with Crippen LogP contribution in [0, 0.1) is 0 Å². The molecule has 1 aliphatic heterocycles. The second-order valence-corrected chi connectivity index (χ2v) is 4.62. The molecular weight excluding hydrogens is 246 g/mol. The second kappa shape index (κ2) is 6.33. The number of amides is 1. The van der Waals surface area contributed by atoms with Crippen molar-refractivity contribution >= 4 is 17.6 Å². The topological polar surface area (TPSA) is 75.6 Å². The van der Waals surface area contributed by atoms with E-state index in [4.69, 9.17) is 9.84 Å². The summed E-state index contributed by atoms with van der Waals surface area (Å²) < 4.78 is 5.50. The summed E-state index contributed by atoms with van der Waals surface area (Å²) in [5.41, 5.74) is 0.805. The molecule has 1 unspecified atom stereocenters. The highest BCUT2D eigenvalue weighted by molar-refractivity contribution is 5.92. The lowest BCUT2D eigenvalue weighted by Gasteiger charge is -2.21. The Morgan fingerprint density at radius 2 is 2.00 bits per heavy atom. The van der Waals surface area contributed by atoms with Gasteiger partial charge in [-0.1, -0.05) is 0 Å². The van der Waals surface area contributed by atoms with Gasteiger partial charge in [0.05, 0.1) is 18.1 Å². The predicted molar refractivity (Wildman–Crippen MR) is 70.2 cm³/mol. The minimum Gasteiger partial charge on any atom is -0.478 e. The number of carboxylic acids is 1. The molecule has 0 aliphatic carbocycles. The highest BCUT2D eigenvalue weighted by Gasteiger charge is 2.17. The average Bonchev–Trinajstić information content (AvgIpc) is 2.40. The van der Waals surface area contributed by atoms with Gasteiger partial charge in [-0.2, -0.15) is 0 Å². The molecule has 1 aliphatic rings. The SMILES string of the molecule is O=C(CC1CCCCO1)Nc1ccc(C(=O)O)cc1. The molecule has 5 heteroatoms. The van der Waals surface area contributed by atoms with Gasteiger partial charge in [0.15, 0.2) is 0 Å². The molecule has 0 spiro atoms. The number of rotatable bonds is 4. The van der Waals surface area contributed by atoms with E-state index in [1.807, 2.05) is 0 Å². The van der Waals surface area contributed by atoms with Crippen LogP contribution in [0.5, 0.6) is 0 Å². The number of benzene rings is 1. The molecule has 0 aromatic heterocycles. The number of nitrogens with one attached hydrogen (secondary N) is 1. The third-order valence-corrected chi connectivity index (χ3v) is 3.10. The fourth-order valence-corrected chi connectivity index (χ4v) is 2.08.